The molecule has 0 unspecified atom stereocenters. The Kier molecular flexibility index (Phi) is 10.3. The Balaban J connectivity index is 1.76. The number of aryl methyl sites for hydroxylation is 1. The second-order valence-electron chi connectivity index (χ2n) is 9.11. The predicted molar refractivity (Wildman–Crippen MR) is 139 cm³/mol. The van der Waals surface area contributed by atoms with E-state index < -0.39 is 6.04 Å². The molecular formula is C28H37ClN2O4. The van der Waals surface area contributed by atoms with Crippen molar-refractivity contribution in [3.63, 3.8) is 0 Å². The highest BCUT2D eigenvalue weighted by Gasteiger charge is 2.30. The van der Waals surface area contributed by atoms with Crippen molar-refractivity contribution >= 4 is 23.4 Å². The number of ether oxygens (including phenoxy) is 2. The van der Waals surface area contributed by atoms with Crippen molar-refractivity contribution in [2.75, 3.05) is 14.2 Å². The van der Waals surface area contributed by atoms with Gasteiger partial charge in [0.1, 0.15) is 6.04 Å². The predicted octanol–water partition coefficient (Wildman–Crippen LogP) is 5.55. The van der Waals surface area contributed by atoms with Crippen LogP contribution in [0.4, 0.5) is 0 Å². The van der Waals surface area contributed by atoms with Crippen LogP contribution in [0.25, 0.3) is 0 Å². The lowest BCUT2D eigenvalue weighted by atomic mass is 9.95. The molecule has 0 radical (unpaired) electrons. The fraction of sp³-hybridized carbons (Fsp3) is 0.500. The molecule has 3 rings (SSSR count). The third-order valence-electron chi connectivity index (χ3n) is 6.68. The summed E-state index contributed by atoms with van der Waals surface area (Å²) in [5.74, 6) is 1.17. The van der Waals surface area contributed by atoms with Gasteiger partial charge in [0, 0.05) is 24.0 Å². The van der Waals surface area contributed by atoms with Crippen LogP contribution in [-0.2, 0) is 22.6 Å². The summed E-state index contributed by atoms with van der Waals surface area (Å²) in [6, 6.07) is 12.8. The number of nitrogens with one attached hydrogen (secondary N) is 1. The minimum absolute atomic E-state index is 0.0552. The fourth-order valence-electron chi connectivity index (χ4n) is 4.68. The SMILES string of the molecule is CC[C@H](C(=O)NC1CCCCC1)N(Cc1ccc(Cl)cc1)C(=O)CCc1ccc(OC)c(OC)c1. The van der Waals surface area contributed by atoms with Gasteiger partial charge < -0.3 is 19.7 Å². The minimum atomic E-state index is -0.523. The van der Waals surface area contributed by atoms with E-state index in [9.17, 15) is 9.59 Å². The van der Waals surface area contributed by atoms with E-state index in [-0.39, 0.29) is 24.3 Å². The van der Waals surface area contributed by atoms with Crippen LogP contribution in [0, 0.1) is 0 Å². The first kappa shape index (κ1) is 26.9. The number of nitrogens with zero attached hydrogens (tertiary/aromatic N) is 1. The van der Waals surface area contributed by atoms with E-state index >= 15 is 0 Å². The third kappa shape index (κ3) is 7.63. The maximum Gasteiger partial charge on any atom is 0.243 e. The lowest BCUT2D eigenvalue weighted by Crippen LogP contribution is -2.51. The lowest BCUT2D eigenvalue weighted by molar-refractivity contribution is -0.141. The Hall–Kier alpha value is -2.73. The van der Waals surface area contributed by atoms with Gasteiger partial charge >= 0.3 is 0 Å². The van der Waals surface area contributed by atoms with E-state index in [0.29, 0.717) is 35.9 Å². The van der Waals surface area contributed by atoms with Crippen LogP contribution in [-0.4, -0.2) is 43.0 Å². The van der Waals surface area contributed by atoms with Crippen molar-refractivity contribution in [3.05, 3.63) is 58.6 Å². The zero-order valence-electron chi connectivity index (χ0n) is 21.0. The Bertz CT molecular complexity index is 973. The molecule has 0 saturated heterocycles. The standard InChI is InChI=1S/C28H37ClN2O4/c1-4-24(28(33)30-23-8-6-5-7-9-23)31(19-21-10-14-22(29)15-11-21)27(32)17-13-20-12-16-25(34-2)26(18-20)35-3/h10-12,14-16,18,23-24H,4-9,13,17,19H2,1-3H3,(H,30,33)/t24-/m1/s1. The van der Waals surface area contributed by atoms with Crippen molar-refractivity contribution in [2.45, 2.75) is 76.9 Å². The molecule has 2 aromatic carbocycles. The van der Waals surface area contributed by atoms with Crippen LogP contribution in [0.1, 0.15) is 63.0 Å². The van der Waals surface area contributed by atoms with Gasteiger partial charge in [-0.15, -0.1) is 0 Å². The molecular weight excluding hydrogens is 464 g/mol. The number of methoxy groups -OCH3 is 2. The maximum absolute atomic E-state index is 13.5. The number of carbonyl (C=O) groups is 2. The first-order valence-corrected chi connectivity index (χ1v) is 12.9. The van der Waals surface area contributed by atoms with Crippen LogP contribution < -0.4 is 14.8 Å². The summed E-state index contributed by atoms with van der Waals surface area (Å²) in [6.07, 6.45) is 6.89. The monoisotopic (exact) mass is 500 g/mol. The highest BCUT2D eigenvalue weighted by atomic mass is 35.5. The third-order valence-corrected chi connectivity index (χ3v) is 6.93. The number of hydrogen-bond donors (Lipinski definition) is 1. The number of carbonyl (C=O) groups excluding carboxylic acids is 2. The molecule has 1 saturated carbocycles. The highest BCUT2D eigenvalue weighted by molar-refractivity contribution is 6.30. The Morgan fingerprint density at radius 3 is 2.29 bits per heavy atom. The van der Waals surface area contributed by atoms with Gasteiger partial charge in [0.2, 0.25) is 11.8 Å². The molecule has 1 aliphatic carbocycles. The molecule has 0 bridgehead atoms. The normalized spacial score (nSPS) is 14.7. The van der Waals surface area contributed by atoms with Crippen molar-refractivity contribution in [1.29, 1.82) is 0 Å². The quantitative estimate of drug-likeness (QED) is 0.439. The molecule has 1 N–H and O–H groups in total. The van der Waals surface area contributed by atoms with Crippen LogP contribution in [0.3, 0.4) is 0 Å². The van der Waals surface area contributed by atoms with Crippen LogP contribution in [0.15, 0.2) is 42.5 Å². The van der Waals surface area contributed by atoms with E-state index in [4.69, 9.17) is 21.1 Å². The summed E-state index contributed by atoms with van der Waals surface area (Å²) >= 11 is 6.06. The van der Waals surface area contributed by atoms with Crippen molar-refractivity contribution < 1.29 is 19.1 Å². The summed E-state index contributed by atoms with van der Waals surface area (Å²) in [6.45, 7) is 2.32. The average molecular weight is 501 g/mol. The molecule has 1 aliphatic rings. The van der Waals surface area contributed by atoms with Gasteiger partial charge in [-0.2, -0.15) is 0 Å². The number of halogens is 1. The summed E-state index contributed by atoms with van der Waals surface area (Å²) in [5.41, 5.74) is 1.92. The van der Waals surface area contributed by atoms with Gasteiger partial charge in [0.05, 0.1) is 14.2 Å². The largest absolute Gasteiger partial charge is 0.493 e. The van der Waals surface area contributed by atoms with Gasteiger partial charge in [-0.05, 0) is 61.1 Å². The molecule has 6 nitrogen and oxygen atoms in total. The van der Waals surface area contributed by atoms with Crippen molar-refractivity contribution in [1.82, 2.24) is 10.2 Å². The van der Waals surface area contributed by atoms with Gasteiger partial charge in [-0.3, -0.25) is 9.59 Å². The molecule has 0 heterocycles. The van der Waals surface area contributed by atoms with E-state index in [1.54, 1.807) is 19.1 Å². The molecule has 1 fully saturated rings. The topological polar surface area (TPSA) is 67.9 Å². The molecule has 35 heavy (non-hydrogen) atoms. The smallest absolute Gasteiger partial charge is 0.243 e. The van der Waals surface area contributed by atoms with Crippen molar-refractivity contribution in [2.24, 2.45) is 0 Å². The van der Waals surface area contributed by atoms with Gasteiger partial charge in [-0.1, -0.05) is 56.0 Å². The Labute approximate surface area is 213 Å². The summed E-state index contributed by atoms with van der Waals surface area (Å²) in [5, 5.41) is 3.86. The molecule has 7 heteroatoms. The summed E-state index contributed by atoms with van der Waals surface area (Å²) in [7, 11) is 3.19. The average Bonchev–Trinajstić information content (AvgIpc) is 2.88. The van der Waals surface area contributed by atoms with E-state index in [2.05, 4.69) is 5.32 Å². The highest BCUT2D eigenvalue weighted by Crippen LogP contribution is 2.28. The van der Waals surface area contributed by atoms with Crippen LogP contribution >= 0.6 is 11.6 Å². The Morgan fingerprint density at radius 2 is 1.66 bits per heavy atom. The number of hydrogen-bond acceptors (Lipinski definition) is 4. The minimum Gasteiger partial charge on any atom is -0.493 e. The van der Waals surface area contributed by atoms with E-state index in [1.807, 2.05) is 49.4 Å². The van der Waals surface area contributed by atoms with Crippen molar-refractivity contribution in [3.8, 4) is 11.5 Å². The zero-order chi connectivity index (χ0) is 25.2. The van der Waals surface area contributed by atoms with Crippen LogP contribution in [0.5, 0.6) is 11.5 Å². The Morgan fingerprint density at radius 1 is 1.00 bits per heavy atom. The second-order valence-corrected chi connectivity index (χ2v) is 9.54. The number of amides is 2. The molecule has 1 atom stereocenters. The molecule has 2 aromatic rings. The molecule has 2 amide bonds. The molecule has 190 valence electrons. The fourth-order valence-corrected chi connectivity index (χ4v) is 4.81. The number of rotatable bonds is 11. The molecule has 0 aliphatic heterocycles. The zero-order valence-corrected chi connectivity index (χ0v) is 21.8. The first-order chi connectivity index (χ1) is 16.9. The van der Waals surface area contributed by atoms with Gasteiger partial charge in [0.25, 0.3) is 0 Å². The van der Waals surface area contributed by atoms with E-state index in [1.165, 1.54) is 6.42 Å². The summed E-state index contributed by atoms with van der Waals surface area (Å²) < 4.78 is 10.7. The summed E-state index contributed by atoms with van der Waals surface area (Å²) in [4.78, 5) is 28.6. The first-order valence-electron chi connectivity index (χ1n) is 12.5. The molecule has 0 spiro atoms. The van der Waals surface area contributed by atoms with E-state index in [0.717, 1.165) is 36.8 Å². The number of benzene rings is 2. The molecule has 0 aromatic heterocycles. The lowest BCUT2D eigenvalue weighted by Gasteiger charge is -2.33. The van der Waals surface area contributed by atoms with Gasteiger partial charge in [0.15, 0.2) is 11.5 Å². The maximum atomic E-state index is 13.5. The van der Waals surface area contributed by atoms with Gasteiger partial charge in [-0.25, -0.2) is 0 Å². The second kappa shape index (κ2) is 13.4. The van der Waals surface area contributed by atoms with Crippen LogP contribution in [0.2, 0.25) is 5.02 Å².